The number of nitrogens with zero attached hydrogens (tertiary/aromatic N) is 3. The zero-order valence-corrected chi connectivity index (χ0v) is 17.9. The predicted molar refractivity (Wildman–Crippen MR) is 122 cm³/mol. The van der Waals surface area contributed by atoms with E-state index < -0.39 is 0 Å². The molecule has 160 valence electrons. The number of aromatic nitrogens is 1. The second-order valence-electron chi connectivity index (χ2n) is 8.61. The fraction of sp³-hybridized carbons (Fsp3) is 0.385. The molecule has 3 heterocycles. The summed E-state index contributed by atoms with van der Waals surface area (Å²) in [4.78, 5) is 21.5. The molecule has 2 aliphatic rings. The van der Waals surface area contributed by atoms with Crippen molar-refractivity contribution in [3.05, 3.63) is 71.9 Å². The molecule has 0 aliphatic carbocycles. The number of hydrogen-bond donors (Lipinski definition) is 0. The standard InChI is InChI=1S/C26H29N3O2/c30-26(29-15-1-2-16-29)21-8-10-23(11-9-21)31-24-12-17-28(18-13-24)19-22-6-3-5-20-7-4-14-27-25(20)22/h3-11,14,24H,1-2,12-13,15-19H2. The number of carbonyl (C=O) groups excluding carboxylic acids is 1. The van der Waals surface area contributed by atoms with E-state index in [9.17, 15) is 4.79 Å². The van der Waals surface area contributed by atoms with Gasteiger partial charge in [-0.1, -0.05) is 24.3 Å². The van der Waals surface area contributed by atoms with E-state index in [1.165, 1.54) is 10.9 Å². The average Bonchev–Trinajstić information content (AvgIpc) is 3.36. The van der Waals surface area contributed by atoms with Gasteiger partial charge in [-0.15, -0.1) is 0 Å². The lowest BCUT2D eigenvalue weighted by atomic mass is 10.0. The van der Waals surface area contributed by atoms with Gasteiger partial charge in [-0.2, -0.15) is 0 Å². The van der Waals surface area contributed by atoms with Gasteiger partial charge >= 0.3 is 0 Å². The number of amides is 1. The normalized spacial score (nSPS) is 17.9. The minimum atomic E-state index is 0.139. The first-order valence-electron chi connectivity index (χ1n) is 11.4. The maximum absolute atomic E-state index is 12.5. The molecule has 0 bridgehead atoms. The molecule has 0 N–H and O–H groups in total. The van der Waals surface area contributed by atoms with Crippen LogP contribution in [0.4, 0.5) is 0 Å². The highest BCUT2D eigenvalue weighted by atomic mass is 16.5. The van der Waals surface area contributed by atoms with E-state index in [2.05, 4.69) is 34.1 Å². The van der Waals surface area contributed by atoms with Crippen molar-refractivity contribution in [3.8, 4) is 5.75 Å². The number of hydrogen-bond acceptors (Lipinski definition) is 4. The van der Waals surface area contributed by atoms with Gasteiger partial charge in [0.25, 0.3) is 5.91 Å². The Kier molecular flexibility index (Phi) is 5.85. The van der Waals surface area contributed by atoms with Crippen LogP contribution in [0.25, 0.3) is 10.9 Å². The fourth-order valence-electron chi connectivity index (χ4n) is 4.69. The zero-order chi connectivity index (χ0) is 21.0. The Bertz CT molecular complexity index is 1030. The third-order valence-electron chi connectivity index (χ3n) is 6.44. The van der Waals surface area contributed by atoms with Crippen molar-refractivity contribution in [2.45, 2.75) is 38.3 Å². The first-order valence-corrected chi connectivity index (χ1v) is 11.4. The van der Waals surface area contributed by atoms with Crippen LogP contribution >= 0.6 is 0 Å². The van der Waals surface area contributed by atoms with Crippen LogP contribution in [0.3, 0.4) is 0 Å². The molecule has 2 saturated heterocycles. The molecule has 0 radical (unpaired) electrons. The van der Waals surface area contributed by atoms with Crippen LogP contribution in [0.15, 0.2) is 60.8 Å². The zero-order valence-electron chi connectivity index (χ0n) is 17.9. The molecule has 31 heavy (non-hydrogen) atoms. The monoisotopic (exact) mass is 415 g/mol. The van der Waals surface area contributed by atoms with Crippen molar-refractivity contribution in [3.63, 3.8) is 0 Å². The highest BCUT2D eigenvalue weighted by molar-refractivity contribution is 5.94. The second kappa shape index (κ2) is 9.06. The van der Waals surface area contributed by atoms with E-state index in [1.807, 2.05) is 41.4 Å². The summed E-state index contributed by atoms with van der Waals surface area (Å²) >= 11 is 0. The predicted octanol–water partition coefficient (Wildman–Crippen LogP) is 4.51. The maximum atomic E-state index is 12.5. The number of rotatable bonds is 5. The van der Waals surface area contributed by atoms with Crippen molar-refractivity contribution >= 4 is 16.8 Å². The molecular formula is C26H29N3O2. The van der Waals surface area contributed by atoms with Gasteiger partial charge in [-0.3, -0.25) is 14.7 Å². The highest BCUT2D eigenvalue weighted by Crippen LogP contribution is 2.23. The van der Waals surface area contributed by atoms with Gasteiger partial charge in [0.2, 0.25) is 0 Å². The fourth-order valence-corrected chi connectivity index (χ4v) is 4.69. The van der Waals surface area contributed by atoms with E-state index in [0.29, 0.717) is 0 Å². The summed E-state index contributed by atoms with van der Waals surface area (Å²) in [6.07, 6.45) is 6.34. The largest absolute Gasteiger partial charge is 0.490 e. The van der Waals surface area contributed by atoms with Crippen LogP contribution in [-0.4, -0.2) is 53.0 Å². The minimum absolute atomic E-state index is 0.139. The van der Waals surface area contributed by atoms with E-state index >= 15 is 0 Å². The van der Waals surface area contributed by atoms with E-state index in [0.717, 1.165) is 75.2 Å². The summed E-state index contributed by atoms with van der Waals surface area (Å²) in [5, 5.41) is 1.20. The van der Waals surface area contributed by atoms with Crippen molar-refractivity contribution in [2.75, 3.05) is 26.2 Å². The maximum Gasteiger partial charge on any atom is 0.253 e. The lowest BCUT2D eigenvalue weighted by Gasteiger charge is -2.32. The van der Waals surface area contributed by atoms with Gasteiger partial charge in [-0.05, 0) is 61.6 Å². The Morgan fingerprint density at radius 2 is 1.68 bits per heavy atom. The van der Waals surface area contributed by atoms with Crippen molar-refractivity contribution in [1.82, 2.24) is 14.8 Å². The number of para-hydroxylation sites is 1. The SMILES string of the molecule is O=C(c1ccc(OC2CCN(Cc3cccc4cccnc34)CC2)cc1)N1CCCC1. The Hall–Kier alpha value is -2.92. The quantitative estimate of drug-likeness (QED) is 0.615. The van der Waals surface area contributed by atoms with Crippen molar-refractivity contribution in [2.24, 2.45) is 0 Å². The summed E-state index contributed by atoms with van der Waals surface area (Å²) in [6, 6.07) is 18.2. The van der Waals surface area contributed by atoms with Gasteiger partial charge in [-0.25, -0.2) is 0 Å². The molecule has 2 fully saturated rings. The topological polar surface area (TPSA) is 45.7 Å². The van der Waals surface area contributed by atoms with Crippen LogP contribution < -0.4 is 4.74 Å². The molecule has 5 rings (SSSR count). The molecule has 2 aliphatic heterocycles. The lowest BCUT2D eigenvalue weighted by Crippen LogP contribution is -2.37. The van der Waals surface area contributed by atoms with E-state index in [-0.39, 0.29) is 12.0 Å². The van der Waals surface area contributed by atoms with E-state index in [4.69, 9.17) is 4.74 Å². The number of ether oxygens (including phenoxy) is 1. The van der Waals surface area contributed by atoms with Gasteiger partial charge in [0.1, 0.15) is 11.9 Å². The summed E-state index contributed by atoms with van der Waals surface area (Å²) in [5.41, 5.74) is 3.15. The molecule has 0 unspecified atom stereocenters. The molecule has 0 atom stereocenters. The molecule has 0 saturated carbocycles. The summed E-state index contributed by atoms with van der Waals surface area (Å²) in [6.45, 7) is 4.71. The Labute approximate surface area is 183 Å². The van der Waals surface area contributed by atoms with Crippen molar-refractivity contribution in [1.29, 1.82) is 0 Å². The molecular weight excluding hydrogens is 386 g/mol. The summed E-state index contributed by atoms with van der Waals surface area (Å²) in [5.74, 6) is 0.995. The van der Waals surface area contributed by atoms with Crippen LogP contribution in [-0.2, 0) is 6.54 Å². The molecule has 5 heteroatoms. The number of fused-ring (bicyclic) bond motifs is 1. The van der Waals surface area contributed by atoms with E-state index in [1.54, 1.807) is 0 Å². The molecule has 2 aromatic carbocycles. The molecule has 3 aromatic rings. The number of benzene rings is 2. The molecule has 5 nitrogen and oxygen atoms in total. The first kappa shape index (κ1) is 20.0. The number of piperidine rings is 1. The van der Waals surface area contributed by atoms with Crippen LogP contribution in [0.1, 0.15) is 41.6 Å². The summed E-state index contributed by atoms with van der Waals surface area (Å²) in [7, 11) is 0. The van der Waals surface area contributed by atoms with Gasteiger partial charge in [0.15, 0.2) is 0 Å². The third-order valence-corrected chi connectivity index (χ3v) is 6.44. The lowest BCUT2D eigenvalue weighted by molar-refractivity contribution is 0.0792. The Balaban J connectivity index is 1.14. The smallest absolute Gasteiger partial charge is 0.253 e. The number of carbonyl (C=O) groups is 1. The average molecular weight is 416 g/mol. The Morgan fingerprint density at radius 1 is 0.935 bits per heavy atom. The Morgan fingerprint density at radius 3 is 2.45 bits per heavy atom. The number of likely N-dealkylation sites (tertiary alicyclic amines) is 2. The molecule has 1 aromatic heterocycles. The third kappa shape index (κ3) is 4.57. The second-order valence-corrected chi connectivity index (χ2v) is 8.61. The minimum Gasteiger partial charge on any atom is -0.490 e. The van der Waals surface area contributed by atoms with Crippen molar-refractivity contribution < 1.29 is 9.53 Å². The molecule has 0 spiro atoms. The number of pyridine rings is 1. The van der Waals surface area contributed by atoms with Gasteiger partial charge in [0.05, 0.1) is 5.52 Å². The van der Waals surface area contributed by atoms with Crippen LogP contribution in [0, 0.1) is 0 Å². The van der Waals surface area contributed by atoms with Crippen LogP contribution in [0.5, 0.6) is 5.75 Å². The summed E-state index contributed by atoms with van der Waals surface area (Å²) < 4.78 is 6.22. The van der Waals surface area contributed by atoms with Crippen LogP contribution in [0.2, 0.25) is 0 Å². The molecule has 1 amide bonds. The highest BCUT2D eigenvalue weighted by Gasteiger charge is 2.22. The van der Waals surface area contributed by atoms with Gasteiger partial charge in [0, 0.05) is 49.9 Å². The van der Waals surface area contributed by atoms with Gasteiger partial charge < -0.3 is 9.64 Å². The first-order chi connectivity index (χ1) is 15.3.